The maximum absolute atomic E-state index is 13.1. The molecule has 0 atom stereocenters. The highest BCUT2D eigenvalue weighted by atomic mass is 19.1. The third-order valence-electron chi connectivity index (χ3n) is 2.94. The quantitative estimate of drug-likeness (QED) is 0.772. The van der Waals surface area contributed by atoms with Crippen molar-refractivity contribution in [2.75, 3.05) is 30.9 Å². The first-order chi connectivity index (χ1) is 10.7. The molecule has 0 aliphatic heterocycles. The third-order valence-corrected chi connectivity index (χ3v) is 2.94. The minimum absolute atomic E-state index is 0.330. The average Bonchev–Trinajstić information content (AvgIpc) is 2.52. The van der Waals surface area contributed by atoms with Gasteiger partial charge in [-0.2, -0.15) is 0 Å². The number of amides is 1. The van der Waals surface area contributed by atoms with Crippen LogP contribution in [0.3, 0.4) is 0 Å². The van der Waals surface area contributed by atoms with E-state index in [4.69, 9.17) is 4.74 Å². The highest BCUT2D eigenvalue weighted by Crippen LogP contribution is 2.12. The van der Waals surface area contributed by atoms with Crippen molar-refractivity contribution in [2.45, 2.75) is 6.42 Å². The highest BCUT2D eigenvalue weighted by Gasteiger charge is 2.07. The lowest BCUT2D eigenvalue weighted by Gasteiger charge is -2.07. The Bertz CT molecular complexity index is 617. The van der Waals surface area contributed by atoms with E-state index in [-0.39, 0.29) is 5.91 Å². The Morgan fingerprint density at radius 3 is 2.86 bits per heavy atom. The summed E-state index contributed by atoms with van der Waals surface area (Å²) in [6.45, 7) is 1.43. The number of carbonyl (C=O) groups excluding carboxylic acids is 1. The fraction of sp³-hybridized carbons (Fsp3) is 0.250. The molecular weight excluding hydrogens is 285 g/mol. The standard InChI is InChI=1S/C16H18FN3O2/c1-22-9-3-8-18-15-7-6-12(11-19-15)16(21)20-14-5-2-4-13(17)10-14/h2,4-7,10-11H,3,8-9H2,1H3,(H,18,19)(H,20,21). The Kier molecular flexibility index (Phi) is 5.85. The average molecular weight is 303 g/mol. The third kappa shape index (κ3) is 4.82. The van der Waals surface area contributed by atoms with E-state index in [1.807, 2.05) is 0 Å². The monoisotopic (exact) mass is 303 g/mol. The number of halogens is 1. The van der Waals surface area contributed by atoms with Crippen molar-refractivity contribution >= 4 is 17.4 Å². The maximum atomic E-state index is 13.1. The number of pyridine rings is 1. The predicted molar refractivity (Wildman–Crippen MR) is 83.6 cm³/mol. The lowest BCUT2D eigenvalue weighted by molar-refractivity contribution is 0.102. The first kappa shape index (κ1) is 15.9. The van der Waals surface area contributed by atoms with Gasteiger partial charge in [0.05, 0.1) is 5.56 Å². The van der Waals surface area contributed by atoms with E-state index in [0.29, 0.717) is 23.7 Å². The number of nitrogens with one attached hydrogen (secondary N) is 2. The first-order valence-electron chi connectivity index (χ1n) is 6.95. The second kappa shape index (κ2) is 8.09. The smallest absolute Gasteiger partial charge is 0.257 e. The van der Waals surface area contributed by atoms with Gasteiger partial charge in [-0.3, -0.25) is 4.79 Å². The number of hydrogen-bond donors (Lipinski definition) is 2. The van der Waals surface area contributed by atoms with Crippen LogP contribution in [0.5, 0.6) is 0 Å². The molecule has 0 radical (unpaired) electrons. The zero-order valence-corrected chi connectivity index (χ0v) is 12.3. The number of aromatic nitrogens is 1. The predicted octanol–water partition coefficient (Wildman–Crippen LogP) is 2.92. The number of anilines is 2. The molecule has 0 saturated heterocycles. The van der Waals surface area contributed by atoms with Crippen molar-refractivity contribution in [1.29, 1.82) is 0 Å². The molecule has 0 unspecified atom stereocenters. The first-order valence-corrected chi connectivity index (χ1v) is 6.95. The Labute approximate surface area is 128 Å². The van der Waals surface area contributed by atoms with Crippen LogP contribution >= 0.6 is 0 Å². The van der Waals surface area contributed by atoms with Crippen molar-refractivity contribution in [1.82, 2.24) is 4.98 Å². The van der Waals surface area contributed by atoms with Gasteiger partial charge in [0.15, 0.2) is 0 Å². The van der Waals surface area contributed by atoms with E-state index in [0.717, 1.165) is 13.0 Å². The molecule has 116 valence electrons. The Morgan fingerprint density at radius 2 is 2.18 bits per heavy atom. The Hall–Kier alpha value is -2.47. The maximum Gasteiger partial charge on any atom is 0.257 e. The summed E-state index contributed by atoms with van der Waals surface area (Å²) < 4.78 is 18.0. The van der Waals surface area contributed by atoms with Gasteiger partial charge >= 0.3 is 0 Å². The summed E-state index contributed by atoms with van der Waals surface area (Å²) in [4.78, 5) is 16.2. The molecule has 0 saturated carbocycles. The van der Waals surface area contributed by atoms with Crippen LogP contribution in [0.25, 0.3) is 0 Å². The van der Waals surface area contributed by atoms with E-state index in [2.05, 4.69) is 15.6 Å². The summed E-state index contributed by atoms with van der Waals surface area (Å²) in [5.41, 5.74) is 0.818. The number of rotatable bonds is 7. The van der Waals surface area contributed by atoms with Gasteiger partial charge in [0.2, 0.25) is 0 Å². The van der Waals surface area contributed by atoms with Crippen LogP contribution in [0.4, 0.5) is 15.9 Å². The summed E-state index contributed by atoms with van der Waals surface area (Å²) in [5.74, 6) is -0.0334. The number of hydrogen-bond acceptors (Lipinski definition) is 4. The van der Waals surface area contributed by atoms with Gasteiger partial charge in [-0.15, -0.1) is 0 Å². The van der Waals surface area contributed by atoms with Gasteiger partial charge < -0.3 is 15.4 Å². The van der Waals surface area contributed by atoms with Crippen molar-refractivity contribution in [3.8, 4) is 0 Å². The molecule has 0 bridgehead atoms. The summed E-state index contributed by atoms with van der Waals surface area (Å²) in [6.07, 6.45) is 2.35. The minimum Gasteiger partial charge on any atom is -0.385 e. The van der Waals surface area contributed by atoms with Crippen LogP contribution in [-0.2, 0) is 4.74 Å². The molecule has 6 heteroatoms. The molecule has 5 nitrogen and oxygen atoms in total. The fourth-order valence-corrected chi connectivity index (χ4v) is 1.84. The van der Waals surface area contributed by atoms with Crippen molar-refractivity contribution in [2.24, 2.45) is 0 Å². The second-order valence-electron chi connectivity index (χ2n) is 4.67. The van der Waals surface area contributed by atoms with Crippen LogP contribution in [0.15, 0.2) is 42.6 Å². The molecule has 1 aromatic carbocycles. The lowest BCUT2D eigenvalue weighted by atomic mass is 10.2. The van der Waals surface area contributed by atoms with E-state index >= 15 is 0 Å². The van der Waals surface area contributed by atoms with E-state index in [9.17, 15) is 9.18 Å². The minimum atomic E-state index is -0.397. The Balaban J connectivity index is 1.90. The molecule has 0 aliphatic carbocycles. The van der Waals surface area contributed by atoms with Gasteiger partial charge in [-0.1, -0.05) is 6.07 Å². The van der Waals surface area contributed by atoms with Gasteiger partial charge in [0, 0.05) is 32.1 Å². The number of carbonyl (C=O) groups is 1. The van der Waals surface area contributed by atoms with E-state index < -0.39 is 5.82 Å². The molecule has 22 heavy (non-hydrogen) atoms. The van der Waals surface area contributed by atoms with Crippen LogP contribution in [0.1, 0.15) is 16.8 Å². The highest BCUT2D eigenvalue weighted by molar-refractivity contribution is 6.04. The van der Waals surface area contributed by atoms with Crippen LogP contribution in [0, 0.1) is 5.82 Å². The van der Waals surface area contributed by atoms with Crippen LogP contribution in [0.2, 0.25) is 0 Å². The number of ether oxygens (including phenoxy) is 1. The molecule has 0 spiro atoms. The van der Waals surface area contributed by atoms with Crippen molar-refractivity contribution in [3.63, 3.8) is 0 Å². The lowest BCUT2D eigenvalue weighted by Crippen LogP contribution is -2.13. The van der Waals surface area contributed by atoms with Gasteiger partial charge in [0.1, 0.15) is 11.6 Å². The summed E-state index contributed by atoms with van der Waals surface area (Å²) in [5, 5.41) is 5.75. The molecule has 1 amide bonds. The zero-order valence-electron chi connectivity index (χ0n) is 12.3. The SMILES string of the molecule is COCCCNc1ccc(C(=O)Nc2cccc(F)c2)cn1. The summed E-state index contributed by atoms with van der Waals surface area (Å²) in [6, 6.07) is 9.14. The van der Waals surface area contributed by atoms with Crippen molar-refractivity contribution in [3.05, 3.63) is 54.0 Å². The molecule has 1 aromatic heterocycles. The molecule has 0 aliphatic rings. The van der Waals surface area contributed by atoms with Gasteiger partial charge in [-0.05, 0) is 36.8 Å². The fourth-order valence-electron chi connectivity index (χ4n) is 1.84. The number of methoxy groups -OCH3 is 1. The topological polar surface area (TPSA) is 63.2 Å². The van der Waals surface area contributed by atoms with Gasteiger partial charge in [-0.25, -0.2) is 9.37 Å². The van der Waals surface area contributed by atoms with Crippen LogP contribution in [-0.4, -0.2) is 31.2 Å². The summed E-state index contributed by atoms with van der Waals surface area (Å²) >= 11 is 0. The molecule has 2 rings (SSSR count). The molecule has 2 N–H and O–H groups in total. The largest absolute Gasteiger partial charge is 0.385 e. The summed E-state index contributed by atoms with van der Waals surface area (Å²) in [7, 11) is 1.66. The number of benzene rings is 1. The van der Waals surface area contributed by atoms with Gasteiger partial charge in [0.25, 0.3) is 5.91 Å². The Morgan fingerprint density at radius 1 is 1.32 bits per heavy atom. The molecule has 0 fully saturated rings. The normalized spacial score (nSPS) is 10.3. The zero-order chi connectivity index (χ0) is 15.8. The van der Waals surface area contributed by atoms with Crippen LogP contribution < -0.4 is 10.6 Å². The van der Waals surface area contributed by atoms with E-state index in [1.54, 1.807) is 25.3 Å². The molecule has 2 aromatic rings. The molecular formula is C16H18FN3O2. The molecule has 1 heterocycles. The van der Waals surface area contributed by atoms with E-state index in [1.165, 1.54) is 24.4 Å². The van der Waals surface area contributed by atoms with Crippen molar-refractivity contribution < 1.29 is 13.9 Å². The number of nitrogens with zero attached hydrogens (tertiary/aromatic N) is 1. The second-order valence-corrected chi connectivity index (χ2v) is 4.67.